The molecule has 0 saturated carbocycles. The van der Waals surface area contributed by atoms with Crippen molar-refractivity contribution in [2.24, 2.45) is 0 Å². The predicted octanol–water partition coefficient (Wildman–Crippen LogP) is 6.44. The topological polar surface area (TPSA) is 38.8 Å². The molecule has 0 aromatic carbocycles. The molecule has 0 heterocycles. The molecule has 0 radical (unpaired) electrons. The number of carbonyl (C=O) groups excluding carboxylic acids is 1. The number of carbonyl (C=O) groups is 1. The highest BCUT2D eigenvalue weighted by molar-refractivity contribution is 6.78. The van der Waals surface area contributed by atoms with Crippen LogP contribution in [0.3, 0.4) is 0 Å². The lowest BCUT2D eigenvalue weighted by molar-refractivity contribution is -0.137. The van der Waals surface area contributed by atoms with Gasteiger partial charge in [0.05, 0.1) is 6.54 Å². The third kappa shape index (κ3) is 8.68. The van der Waals surface area contributed by atoms with Crippen LogP contribution in [-0.4, -0.2) is 53.2 Å². The van der Waals surface area contributed by atoms with E-state index in [2.05, 4.69) is 80.3 Å². The van der Waals surface area contributed by atoms with E-state index in [1.165, 1.54) is 0 Å². The summed E-state index contributed by atoms with van der Waals surface area (Å²) in [4.78, 5) is 15.1. The Morgan fingerprint density at radius 1 is 0.929 bits per heavy atom. The van der Waals surface area contributed by atoms with Crippen LogP contribution in [0.1, 0.15) is 75.2 Å². The molecule has 0 N–H and O–H groups in total. The Morgan fingerprint density at radius 3 is 1.82 bits per heavy atom. The van der Waals surface area contributed by atoms with Gasteiger partial charge in [-0.25, -0.2) is 0 Å². The van der Waals surface area contributed by atoms with Gasteiger partial charge in [-0.3, -0.25) is 9.69 Å². The SMILES string of the molecule is CCC(C)O[Si](C)(C)CCCN(CC)CC(=O)O[Si](C(C)C)(C(C)C)C(C)C. The summed E-state index contributed by atoms with van der Waals surface area (Å²) in [6.07, 6.45) is 2.49. The van der Waals surface area contributed by atoms with Gasteiger partial charge in [0.25, 0.3) is 8.32 Å². The largest absolute Gasteiger partial charge is 0.517 e. The zero-order valence-electron chi connectivity index (χ0n) is 20.7. The number of nitrogens with zero attached hydrogens (tertiary/aromatic N) is 1. The van der Waals surface area contributed by atoms with Crippen molar-refractivity contribution >= 4 is 22.6 Å². The molecule has 0 rings (SSSR count). The summed E-state index contributed by atoms with van der Waals surface area (Å²) in [5.74, 6) is -0.0306. The maximum atomic E-state index is 12.8. The number of rotatable bonds is 14. The molecule has 1 unspecified atom stereocenters. The summed E-state index contributed by atoms with van der Waals surface area (Å²) >= 11 is 0. The molecule has 1 atom stereocenters. The fraction of sp³-hybridized carbons (Fsp3) is 0.955. The summed E-state index contributed by atoms with van der Waals surface area (Å²) in [6.45, 7) is 26.6. The van der Waals surface area contributed by atoms with Crippen molar-refractivity contribution in [3.05, 3.63) is 0 Å². The van der Waals surface area contributed by atoms with E-state index in [1.54, 1.807) is 0 Å². The third-order valence-electron chi connectivity index (χ3n) is 6.15. The lowest BCUT2D eigenvalue weighted by Gasteiger charge is -2.41. The first-order valence-electron chi connectivity index (χ1n) is 11.4. The molecule has 0 spiro atoms. The summed E-state index contributed by atoms with van der Waals surface area (Å²) in [6, 6.07) is 1.13. The molecule has 0 aromatic heterocycles. The van der Waals surface area contributed by atoms with Crippen LogP contribution in [0.4, 0.5) is 0 Å². The van der Waals surface area contributed by atoms with E-state index in [9.17, 15) is 4.79 Å². The summed E-state index contributed by atoms with van der Waals surface area (Å²) < 4.78 is 12.6. The van der Waals surface area contributed by atoms with Gasteiger partial charge in [-0.2, -0.15) is 0 Å². The maximum absolute atomic E-state index is 12.8. The van der Waals surface area contributed by atoms with E-state index in [1.807, 2.05) is 0 Å². The Kier molecular flexibility index (Phi) is 12.4. The standard InChI is InChI=1S/C22H49NO3Si2/c1-12-21(9)25-27(10,11)16-14-15-23(13-2)17-22(24)26-28(18(3)4,19(5)6)20(7)8/h18-21H,12-17H2,1-11H3. The van der Waals surface area contributed by atoms with Crippen molar-refractivity contribution in [1.29, 1.82) is 0 Å². The van der Waals surface area contributed by atoms with Gasteiger partial charge in [0, 0.05) is 6.10 Å². The van der Waals surface area contributed by atoms with Gasteiger partial charge in [-0.15, -0.1) is 0 Å². The normalized spacial score (nSPS) is 14.4. The predicted molar refractivity (Wildman–Crippen MR) is 127 cm³/mol. The van der Waals surface area contributed by atoms with Crippen LogP contribution in [-0.2, 0) is 13.6 Å². The van der Waals surface area contributed by atoms with Gasteiger partial charge < -0.3 is 8.85 Å². The fourth-order valence-corrected chi connectivity index (χ4v) is 12.1. The Hall–Kier alpha value is -0.176. The minimum absolute atomic E-state index is 0.0306. The van der Waals surface area contributed by atoms with Gasteiger partial charge in [0.1, 0.15) is 0 Å². The Bertz CT molecular complexity index is 431. The molecule has 6 heteroatoms. The van der Waals surface area contributed by atoms with Gasteiger partial charge >= 0.3 is 5.97 Å². The smallest absolute Gasteiger partial charge is 0.306 e. The molecule has 168 valence electrons. The summed E-state index contributed by atoms with van der Waals surface area (Å²) in [7, 11) is -3.77. The molecule has 0 aromatic rings. The Labute approximate surface area is 178 Å². The van der Waals surface area contributed by atoms with Crippen molar-refractivity contribution in [2.75, 3.05) is 19.6 Å². The van der Waals surface area contributed by atoms with E-state index >= 15 is 0 Å². The van der Waals surface area contributed by atoms with Crippen LogP contribution in [0, 0.1) is 0 Å². The Balaban J connectivity index is 4.79. The van der Waals surface area contributed by atoms with Crippen LogP contribution in [0.15, 0.2) is 0 Å². The van der Waals surface area contributed by atoms with Gasteiger partial charge in [0.2, 0.25) is 0 Å². The first-order chi connectivity index (χ1) is 12.8. The molecule has 0 amide bonds. The number of hydrogen-bond donors (Lipinski definition) is 0. The lowest BCUT2D eigenvalue weighted by atomic mass is 10.3. The van der Waals surface area contributed by atoms with Gasteiger partial charge in [-0.05, 0) is 68.6 Å². The summed E-state index contributed by atoms with van der Waals surface area (Å²) in [5.41, 5.74) is 1.28. The van der Waals surface area contributed by atoms with Crippen molar-refractivity contribution in [3.63, 3.8) is 0 Å². The molecule has 0 bridgehead atoms. The van der Waals surface area contributed by atoms with Crippen molar-refractivity contribution in [2.45, 2.75) is 117 Å². The van der Waals surface area contributed by atoms with Gasteiger partial charge in [-0.1, -0.05) is 55.4 Å². The maximum Gasteiger partial charge on any atom is 0.306 e. The summed E-state index contributed by atoms with van der Waals surface area (Å²) in [5, 5.41) is 0. The van der Waals surface area contributed by atoms with E-state index < -0.39 is 16.6 Å². The van der Waals surface area contributed by atoms with Gasteiger partial charge in [0.15, 0.2) is 8.32 Å². The Morgan fingerprint density at radius 2 is 1.43 bits per heavy atom. The zero-order chi connectivity index (χ0) is 22.1. The van der Waals surface area contributed by atoms with Crippen LogP contribution < -0.4 is 0 Å². The van der Waals surface area contributed by atoms with Crippen LogP contribution in [0.5, 0.6) is 0 Å². The van der Waals surface area contributed by atoms with E-state index in [4.69, 9.17) is 8.85 Å². The average molecular weight is 432 g/mol. The number of hydrogen-bond acceptors (Lipinski definition) is 4. The van der Waals surface area contributed by atoms with Crippen molar-refractivity contribution in [1.82, 2.24) is 4.90 Å². The van der Waals surface area contributed by atoms with E-state index in [-0.39, 0.29) is 5.97 Å². The second kappa shape index (κ2) is 12.5. The molecule has 28 heavy (non-hydrogen) atoms. The third-order valence-corrected chi connectivity index (χ3v) is 14.7. The van der Waals surface area contributed by atoms with Crippen LogP contribution in [0.2, 0.25) is 35.8 Å². The highest BCUT2D eigenvalue weighted by Crippen LogP contribution is 2.42. The van der Waals surface area contributed by atoms with Crippen LogP contribution >= 0.6 is 0 Å². The molecule has 0 saturated heterocycles. The highest BCUT2D eigenvalue weighted by Gasteiger charge is 2.48. The molecule has 0 fully saturated rings. The fourth-order valence-electron chi connectivity index (χ4n) is 4.53. The zero-order valence-corrected chi connectivity index (χ0v) is 22.7. The second-order valence-corrected chi connectivity index (χ2v) is 19.5. The molecule has 0 aliphatic carbocycles. The first kappa shape index (κ1) is 27.8. The minimum atomic E-state index is -2.14. The van der Waals surface area contributed by atoms with Crippen molar-refractivity contribution < 1.29 is 13.6 Å². The second-order valence-electron chi connectivity index (χ2n) is 9.86. The minimum Gasteiger partial charge on any atom is -0.517 e. The number of likely N-dealkylation sites (N-methyl/N-ethyl adjacent to an activating group) is 1. The molecule has 0 aliphatic rings. The molecular weight excluding hydrogens is 382 g/mol. The average Bonchev–Trinajstić information content (AvgIpc) is 2.56. The van der Waals surface area contributed by atoms with Crippen LogP contribution in [0.25, 0.3) is 0 Å². The monoisotopic (exact) mass is 431 g/mol. The molecular formula is C22H49NO3Si2. The quantitative estimate of drug-likeness (QED) is 0.297. The first-order valence-corrected chi connectivity index (χ1v) is 16.7. The molecule has 0 aliphatic heterocycles. The lowest BCUT2D eigenvalue weighted by Crippen LogP contribution is -2.50. The highest BCUT2D eigenvalue weighted by atomic mass is 28.4. The van der Waals surface area contributed by atoms with E-state index in [0.29, 0.717) is 29.3 Å². The molecule has 4 nitrogen and oxygen atoms in total. The van der Waals surface area contributed by atoms with E-state index in [0.717, 1.165) is 32.0 Å². The van der Waals surface area contributed by atoms with Crippen molar-refractivity contribution in [3.8, 4) is 0 Å².